The van der Waals surface area contributed by atoms with Gasteiger partial charge in [-0.1, -0.05) is 0 Å². The van der Waals surface area contributed by atoms with Crippen molar-refractivity contribution in [3.05, 3.63) is 0 Å². The highest BCUT2D eigenvalue weighted by Gasteiger charge is 2.51. The Labute approximate surface area is 137 Å². The second-order valence-electron chi connectivity index (χ2n) is 6.43. The number of hydroxylamine groups is 2. The van der Waals surface area contributed by atoms with E-state index in [4.69, 9.17) is 19.5 Å². The number of carbonyl (C=O) groups is 2. The molecule has 0 aromatic carbocycles. The van der Waals surface area contributed by atoms with Gasteiger partial charge in [-0.25, -0.2) is 9.86 Å². The number of alkyl halides is 3. The number of fused-ring (bicyclic) bond motifs is 1. The van der Waals surface area contributed by atoms with Crippen LogP contribution in [0.1, 0.15) is 12.8 Å². The lowest BCUT2D eigenvalue weighted by Gasteiger charge is -2.27. The first-order chi connectivity index (χ1) is 11.1. The molecule has 10 heteroatoms. The van der Waals surface area contributed by atoms with Gasteiger partial charge >= 0.3 is 12.1 Å². The van der Waals surface area contributed by atoms with Gasteiger partial charge in [0.1, 0.15) is 0 Å². The standard InChI is InChI=1S/C12H20N2O3.C2HF3O2/c1-13-6-10-7-16-9-12(10,8-13)5-11(15)14-3-2-4-17-14;3-2(4,5)1(6)7/h10H,2-9H2,1H3;(H,6,7)/t10-,12+;/m1./s1. The molecule has 7 nitrogen and oxygen atoms in total. The maximum absolute atomic E-state index is 12.2. The van der Waals surface area contributed by atoms with Gasteiger partial charge in [0.05, 0.1) is 26.4 Å². The van der Waals surface area contributed by atoms with Crippen LogP contribution in [0.15, 0.2) is 0 Å². The monoisotopic (exact) mass is 354 g/mol. The smallest absolute Gasteiger partial charge is 0.475 e. The summed E-state index contributed by atoms with van der Waals surface area (Å²) in [5, 5.41) is 8.67. The van der Waals surface area contributed by atoms with Gasteiger partial charge in [0, 0.05) is 30.8 Å². The third-order valence-corrected chi connectivity index (χ3v) is 4.47. The van der Waals surface area contributed by atoms with Crippen LogP contribution in [0.3, 0.4) is 0 Å². The van der Waals surface area contributed by atoms with E-state index in [1.54, 1.807) is 5.06 Å². The molecule has 0 saturated carbocycles. The molecule has 3 rings (SSSR count). The number of nitrogens with zero attached hydrogens (tertiary/aromatic N) is 2. The summed E-state index contributed by atoms with van der Waals surface area (Å²) in [6.07, 6.45) is -3.55. The molecule has 3 aliphatic heterocycles. The molecule has 0 spiro atoms. The van der Waals surface area contributed by atoms with Crippen LogP contribution in [0.2, 0.25) is 0 Å². The van der Waals surface area contributed by atoms with Crippen LogP contribution >= 0.6 is 0 Å². The van der Waals surface area contributed by atoms with E-state index in [1.165, 1.54) is 0 Å². The number of ether oxygens (including phenoxy) is 1. The molecular weight excluding hydrogens is 333 g/mol. The predicted molar refractivity (Wildman–Crippen MR) is 74.8 cm³/mol. The van der Waals surface area contributed by atoms with Gasteiger partial charge in [-0.3, -0.25) is 9.63 Å². The van der Waals surface area contributed by atoms with Crippen molar-refractivity contribution in [2.24, 2.45) is 11.3 Å². The van der Waals surface area contributed by atoms with Crippen molar-refractivity contribution in [3.63, 3.8) is 0 Å². The molecule has 1 N–H and O–H groups in total. The summed E-state index contributed by atoms with van der Waals surface area (Å²) < 4.78 is 37.3. The molecule has 1 amide bonds. The van der Waals surface area contributed by atoms with Crippen molar-refractivity contribution in [2.45, 2.75) is 19.0 Å². The average Bonchev–Trinajstić information content (AvgIpc) is 3.13. The molecule has 3 heterocycles. The van der Waals surface area contributed by atoms with Crippen LogP contribution in [-0.2, 0) is 19.2 Å². The van der Waals surface area contributed by atoms with Crippen molar-refractivity contribution in [1.29, 1.82) is 0 Å². The highest BCUT2D eigenvalue weighted by atomic mass is 19.4. The van der Waals surface area contributed by atoms with Crippen LogP contribution in [0.4, 0.5) is 13.2 Å². The van der Waals surface area contributed by atoms with Crippen LogP contribution in [-0.4, -0.2) is 79.6 Å². The Morgan fingerprint density at radius 1 is 1.38 bits per heavy atom. The Morgan fingerprint density at radius 2 is 2.04 bits per heavy atom. The molecule has 3 fully saturated rings. The minimum atomic E-state index is -5.08. The Bertz CT molecular complexity index is 482. The summed E-state index contributed by atoms with van der Waals surface area (Å²) in [5.41, 5.74) is 0.0395. The largest absolute Gasteiger partial charge is 0.490 e. The van der Waals surface area contributed by atoms with Gasteiger partial charge in [0.25, 0.3) is 0 Å². The minimum Gasteiger partial charge on any atom is -0.475 e. The van der Waals surface area contributed by atoms with Gasteiger partial charge in [-0.15, -0.1) is 0 Å². The second-order valence-corrected chi connectivity index (χ2v) is 6.43. The van der Waals surface area contributed by atoms with Gasteiger partial charge in [0.2, 0.25) is 5.91 Å². The van der Waals surface area contributed by atoms with E-state index < -0.39 is 12.1 Å². The van der Waals surface area contributed by atoms with Crippen molar-refractivity contribution >= 4 is 11.9 Å². The first-order valence-corrected chi connectivity index (χ1v) is 7.64. The van der Waals surface area contributed by atoms with Gasteiger partial charge < -0.3 is 14.7 Å². The zero-order valence-corrected chi connectivity index (χ0v) is 13.3. The number of amides is 1. The third kappa shape index (κ3) is 4.37. The molecule has 24 heavy (non-hydrogen) atoms. The summed E-state index contributed by atoms with van der Waals surface area (Å²) in [6, 6.07) is 0. The highest BCUT2D eigenvalue weighted by molar-refractivity contribution is 5.76. The Kier molecular flexibility index (Phi) is 5.71. The van der Waals surface area contributed by atoms with E-state index >= 15 is 0 Å². The lowest BCUT2D eigenvalue weighted by molar-refractivity contribution is -0.192. The van der Waals surface area contributed by atoms with Crippen LogP contribution in [0, 0.1) is 11.3 Å². The number of carboxylic acid groups (broad SMARTS) is 1. The summed E-state index contributed by atoms with van der Waals surface area (Å²) in [5.74, 6) is -2.11. The van der Waals surface area contributed by atoms with E-state index in [-0.39, 0.29) is 11.3 Å². The number of hydrogen-bond donors (Lipinski definition) is 1. The third-order valence-electron chi connectivity index (χ3n) is 4.47. The summed E-state index contributed by atoms with van der Waals surface area (Å²) in [6.45, 7) is 4.97. The molecule has 3 aliphatic rings. The average molecular weight is 354 g/mol. The first-order valence-electron chi connectivity index (χ1n) is 7.64. The molecule has 3 saturated heterocycles. The summed E-state index contributed by atoms with van der Waals surface area (Å²) in [7, 11) is 2.12. The maximum atomic E-state index is 12.2. The zero-order valence-electron chi connectivity index (χ0n) is 13.3. The molecular formula is C14H21F3N2O5. The van der Waals surface area contributed by atoms with Crippen molar-refractivity contribution in [1.82, 2.24) is 9.96 Å². The van der Waals surface area contributed by atoms with Crippen molar-refractivity contribution in [2.75, 3.05) is 46.5 Å². The van der Waals surface area contributed by atoms with E-state index in [0.717, 1.165) is 39.3 Å². The van der Waals surface area contributed by atoms with Crippen LogP contribution in [0.5, 0.6) is 0 Å². The molecule has 0 bridgehead atoms. The molecule has 138 valence electrons. The maximum Gasteiger partial charge on any atom is 0.490 e. The number of halogens is 3. The Balaban J connectivity index is 0.000000256. The number of rotatable bonds is 2. The summed E-state index contributed by atoms with van der Waals surface area (Å²) >= 11 is 0. The quantitative estimate of drug-likeness (QED) is 0.789. The number of carboxylic acids is 1. The Hall–Kier alpha value is -1.39. The summed E-state index contributed by atoms with van der Waals surface area (Å²) in [4.78, 5) is 28.7. The SMILES string of the molecule is CN1C[C@@H]2COC[C@]2(CC(=O)N2CCCO2)C1.O=C(O)C(F)(F)F. The van der Waals surface area contributed by atoms with Crippen LogP contribution in [0.25, 0.3) is 0 Å². The molecule has 0 aromatic rings. The fourth-order valence-corrected chi connectivity index (χ4v) is 3.38. The normalized spacial score (nSPS) is 30.0. The zero-order chi connectivity index (χ0) is 18.0. The van der Waals surface area contributed by atoms with Crippen molar-refractivity contribution < 1.29 is 37.4 Å². The lowest BCUT2D eigenvalue weighted by Crippen LogP contribution is -2.38. The highest BCUT2D eigenvalue weighted by Crippen LogP contribution is 2.43. The van der Waals surface area contributed by atoms with Gasteiger partial charge in [-0.2, -0.15) is 13.2 Å². The minimum absolute atomic E-state index is 0.0395. The molecule has 2 atom stereocenters. The molecule has 0 aliphatic carbocycles. The van der Waals surface area contributed by atoms with Crippen molar-refractivity contribution in [3.8, 4) is 0 Å². The van der Waals surface area contributed by atoms with E-state index in [2.05, 4.69) is 11.9 Å². The van der Waals surface area contributed by atoms with Gasteiger partial charge in [0.15, 0.2) is 0 Å². The second kappa shape index (κ2) is 7.24. The fourth-order valence-electron chi connectivity index (χ4n) is 3.38. The number of aliphatic carboxylic acids is 1. The number of likely N-dealkylation sites (tertiary alicyclic amines) is 1. The molecule has 0 aromatic heterocycles. The topological polar surface area (TPSA) is 79.3 Å². The lowest BCUT2D eigenvalue weighted by atomic mass is 9.78. The van der Waals surface area contributed by atoms with E-state index in [1.807, 2.05) is 0 Å². The van der Waals surface area contributed by atoms with E-state index in [0.29, 0.717) is 18.9 Å². The molecule has 0 unspecified atom stereocenters. The fraction of sp³-hybridized carbons (Fsp3) is 0.857. The number of carbonyl (C=O) groups excluding carboxylic acids is 1. The Morgan fingerprint density at radius 3 is 2.58 bits per heavy atom. The molecule has 0 radical (unpaired) electrons. The first kappa shape index (κ1) is 18.9. The predicted octanol–water partition coefficient (Wildman–Crippen LogP) is 0.752. The van der Waals surface area contributed by atoms with Crippen LogP contribution < -0.4 is 0 Å². The number of hydrogen-bond acceptors (Lipinski definition) is 5. The van der Waals surface area contributed by atoms with Gasteiger partial charge in [-0.05, 0) is 13.5 Å². The van der Waals surface area contributed by atoms with E-state index in [9.17, 15) is 18.0 Å².